The van der Waals surface area contributed by atoms with E-state index in [4.69, 9.17) is 11.6 Å². The largest absolute Gasteiger partial charge is 0.396 e. The molecule has 11 heteroatoms. The second-order valence-electron chi connectivity index (χ2n) is 6.72. The van der Waals surface area contributed by atoms with Gasteiger partial charge in [-0.1, -0.05) is 29.4 Å². The Kier molecular flexibility index (Phi) is 6.32. The average Bonchev–Trinajstić information content (AvgIpc) is 3.01. The summed E-state index contributed by atoms with van der Waals surface area (Å²) in [4.78, 5) is 4.15. The van der Waals surface area contributed by atoms with Crippen LogP contribution in [0, 0.1) is 12.3 Å². The first-order valence-electron chi connectivity index (χ1n) is 8.62. The first kappa shape index (κ1) is 20.4. The van der Waals surface area contributed by atoms with E-state index in [1.54, 1.807) is 0 Å². The number of nitrogens with one attached hydrogen (secondary N) is 2. The van der Waals surface area contributed by atoms with Crippen molar-refractivity contribution in [1.29, 1.82) is 0 Å². The van der Waals surface area contributed by atoms with Crippen LogP contribution in [0.4, 0.5) is 5.82 Å². The smallest absolute Gasteiger partial charge is 0.242 e. The van der Waals surface area contributed by atoms with Crippen molar-refractivity contribution in [2.45, 2.75) is 44.0 Å². The number of rotatable bonds is 9. The Bertz CT molecular complexity index is 899. The number of pyridine rings is 1. The van der Waals surface area contributed by atoms with Gasteiger partial charge in [0.15, 0.2) is 0 Å². The van der Waals surface area contributed by atoms with Crippen molar-refractivity contribution >= 4 is 38.8 Å². The van der Waals surface area contributed by atoms with Crippen LogP contribution in [0.3, 0.4) is 0 Å². The van der Waals surface area contributed by atoms with Crippen molar-refractivity contribution in [2.75, 3.05) is 18.5 Å². The number of aliphatic hydroxyl groups excluding tert-OH is 1. The molecular weight excluding hydrogens is 410 g/mol. The van der Waals surface area contributed by atoms with E-state index in [1.807, 2.05) is 6.92 Å². The summed E-state index contributed by atoms with van der Waals surface area (Å²) in [6.45, 7) is 2.65. The maximum Gasteiger partial charge on any atom is 0.242 e. The lowest BCUT2D eigenvalue weighted by atomic mass is 9.67. The van der Waals surface area contributed by atoms with Gasteiger partial charge in [-0.3, -0.25) is 0 Å². The molecule has 0 saturated heterocycles. The Balaban J connectivity index is 1.64. The van der Waals surface area contributed by atoms with Crippen LogP contribution in [0.5, 0.6) is 0 Å². The zero-order valence-electron chi connectivity index (χ0n) is 14.9. The molecule has 1 aliphatic rings. The molecule has 0 bridgehead atoms. The predicted octanol–water partition coefficient (Wildman–Crippen LogP) is 2.34. The Morgan fingerprint density at radius 1 is 1.37 bits per heavy atom. The third-order valence-electron chi connectivity index (χ3n) is 4.79. The van der Waals surface area contributed by atoms with Gasteiger partial charge in [-0.25, -0.2) is 18.1 Å². The number of hydrogen-bond acceptors (Lipinski definition) is 8. The van der Waals surface area contributed by atoms with Gasteiger partial charge >= 0.3 is 0 Å². The standard InChI is InChI=1S/C16H22ClN5O3S2/c1-11-21-22-14(26-11)9-19-15-13(17)7-12(8-18-15)27(24,25)20-10-16(5-6-23)3-2-4-16/h7-8,20,23H,2-6,9-10H2,1H3,(H,18,19). The number of aliphatic hydroxyl groups is 1. The van der Waals surface area contributed by atoms with Crippen molar-refractivity contribution < 1.29 is 13.5 Å². The maximum atomic E-state index is 12.6. The lowest BCUT2D eigenvalue weighted by Gasteiger charge is -2.41. The van der Waals surface area contributed by atoms with E-state index < -0.39 is 10.0 Å². The highest BCUT2D eigenvalue weighted by Crippen LogP contribution is 2.43. The number of aryl methyl sites for hydroxylation is 1. The SMILES string of the molecule is Cc1nnc(CNc2ncc(S(=O)(=O)NCC3(CCO)CCC3)cc2Cl)s1. The van der Waals surface area contributed by atoms with Crippen molar-refractivity contribution in [3.63, 3.8) is 0 Å². The molecule has 3 rings (SSSR count). The van der Waals surface area contributed by atoms with Gasteiger partial charge in [-0.2, -0.15) is 0 Å². The molecule has 0 aromatic carbocycles. The molecule has 2 aromatic rings. The molecule has 2 heterocycles. The summed E-state index contributed by atoms with van der Waals surface area (Å²) in [7, 11) is -3.72. The van der Waals surface area contributed by atoms with E-state index in [2.05, 4.69) is 25.2 Å². The summed E-state index contributed by atoms with van der Waals surface area (Å²) < 4.78 is 27.8. The molecule has 0 atom stereocenters. The van der Waals surface area contributed by atoms with Crippen LogP contribution in [0.15, 0.2) is 17.2 Å². The highest BCUT2D eigenvalue weighted by molar-refractivity contribution is 7.89. The van der Waals surface area contributed by atoms with Gasteiger partial charge in [0.1, 0.15) is 20.7 Å². The fourth-order valence-corrected chi connectivity index (χ4v) is 5.10. The van der Waals surface area contributed by atoms with Gasteiger partial charge < -0.3 is 10.4 Å². The molecule has 8 nitrogen and oxygen atoms in total. The Morgan fingerprint density at radius 3 is 2.70 bits per heavy atom. The van der Waals surface area contributed by atoms with Crippen LogP contribution < -0.4 is 10.0 Å². The number of anilines is 1. The van der Waals surface area contributed by atoms with E-state index in [9.17, 15) is 13.5 Å². The zero-order valence-corrected chi connectivity index (χ0v) is 17.3. The molecule has 0 amide bonds. The van der Waals surface area contributed by atoms with Gasteiger partial charge in [0.2, 0.25) is 10.0 Å². The Hall–Kier alpha value is -1.33. The third kappa shape index (κ3) is 4.94. The molecule has 2 aromatic heterocycles. The quantitative estimate of drug-likeness (QED) is 0.557. The molecule has 0 radical (unpaired) electrons. The number of nitrogens with zero attached hydrogens (tertiary/aromatic N) is 3. The number of sulfonamides is 1. The van der Waals surface area contributed by atoms with E-state index in [0.717, 1.165) is 29.3 Å². The monoisotopic (exact) mass is 431 g/mol. The first-order valence-corrected chi connectivity index (χ1v) is 11.3. The molecule has 0 aliphatic heterocycles. The fraction of sp³-hybridized carbons (Fsp3) is 0.562. The van der Waals surface area contributed by atoms with Crippen LogP contribution in [0.25, 0.3) is 0 Å². The maximum absolute atomic E-state index is 12.6. The van der Waals surface area contributed by atoms with Gasteiger partial charge in [0.05, 0.1) is 11.6 Å². The van der Waals surface area contributed by atoms with Crippen LogP contribution >= 0.6 is 22.9 Å². The van der Waals surface area contributed by atoms with E-state index in [1.165, 1.54) is 23.6 Å². The second kappa shape index (κ2) is 8.36. The van der Waals surface area contributed by atoms with Gasteiger partial charge in [-0.05, 0) is 37.7 Å². The Labute approximate surface area is 167 Å². The van der Waals surface area contributed by atoms with Crippen molar-refractivity contribution in [1.82, 2.24) is 19.9 Å². The minimum Gasteiger partial charge on any atom is -0.396 e. The van der Waals surface area contributed by atoms with Crippen LogP contribution in [0.1, 0.15) is 35.7 Å². The summed E-state index contributed by atoms with van der Waals surface area (Å²) in [5.41, 5.74) is -0.138. The van der Waals surface area contributed by atoms with Crippen LogP contribution in [0.2, 0.25) is 5.02 Å². The lowest BCUT2D eigenvalue weighted by molar-refractivity contribution is 0.0925. The number of halogens is 1. The van der Waals surface area contributed by atoms with E-state index in [0.29, 0.717) is 25.3 Å². The van der Waals surface area contributed by atoms with Crippen LogP contribution in [-0.4, -0.2) is 41.9 Å². The summed E-state index contributed by atoms with van der Waals surface area (Å²) in [5, 5.41) is 22.0. The zero-order chi connectivity index (χ0) is 19.5. The highest BCUT2D eigenvalue weighted by Gasteiger charge is 2.37. The van der Waals surface area contributed by atoms with E-state index >= 15 is 0 Å². The number of aromatic nitrogens is 3. The first-order chi connectivity index (χ1) is 12.8. The second-order valence-corrected chi connectivity index (χ2v) is 10.2. The van der Waals surface area contributed by atoms with E-state index in [-0.39, 0.29) is 21.9 Å². The molecule has 3 N–H and O–H groups in total. The molecule has 148 valence electrons. The fourth-order valence-electron chi connectivity index (χ4n) is 3.03. The minimum atomic E-state index is -3.72. The minimum absolute atomic E-state index is 0.0169. The highest BCUT2D eigenvalue weighted by atomic mass is 35.5. The van der Waals surface area contributed by atoms with Crippen molar-refractivity contribution in [2.24, 2.45) is 5.41 Å². The molecule has 0 unspecified atom stereocenters. The molecule has 1 saturated carbocycles. The molecular formula is C16H22ClN5O3S2. The van der Waals surface area contributed by atoms with Gasteiger partial charge in [-0.15, -0.1) is 10.2 Å². The summed E-state index contributed by atoms with van der Waals surface area (Å²) in [6, 6.07) is 1.38. The predicted molar refractivity (Wildman–Crippen MR) is 104 cm³/mol. The third-order valence-corrected chi connectivity index (χ3v) is 7.29. The van der Waals surface area contributed by atoms with Crippen molar-refractivity contribution in [3.05, 3.63) is 27.3 Å². The summed E-state index contributed by atoms with van der Waals surface area (Å²) in [6.07, 6.45) is 4.78. The molecule has 27 heavy (non-hydrogen) atoms. The van der Waals surface area contributed by atoms with Crippen molar-refractivity contribution in [3.8, 4) is 0 Å². The Morgan fingerprint density at radius 2 is 2.15 bits per heavy atom. The number of hydrogen-bond donors (Lipinski definition) is 3. The lowest BCUT2D eigenvalue weighted by Crippen LogP contribution is -2.42. The van der Waals surface area contributed by atoms with Gasteiger partial charge in [0.25, 0.3) is 0 Å². The molecule has 1 fully saturated rings. The average molecular weight is 432 g/mol. The molecule has 0 spiro atoms. The summed E-state index contributed by atoms with van der Waals surface area (Å²) >= 11 is 7.66. The molecule has 1 aliphatic carbocycles. The van der Waals surface area contributed by atoms with Crippen LogP contribution in [-0.2, 0) is 16.6 Å². The topological polar surface area (TPSA) is 117 Å². The normalized spacial score (nSPS) is 16.1. The summed E-state index contributed by atoms with van der Waals surface area (Å²) in [5.74, 6) is 0.388. The van der Waals surface area contributed by atoms with Gasteiger partial charge in [0, 0.05) is 19.3 Å².